The van der Waals surface area contributed by atoms with Crippen LogP contribution in [0.4, 0.5) is 11.6 Å². The average Bonchev–Trinajstić information content (AvgIpc) is 2.87. The Morgan fingerprint density at radius 1 is 1.26 bits per heavy atom. The third kappa shape index (κ3) is 2.81. The normalized spacial score (nSPS) is 12.2. The molecule has 0 aliphatic rings. The second kappa shape index (κ2) is 5.64. The zero-order valence-electron chi connectivity index (χ0n) is 11.7. The van der Waals surface area contributed by atoms with E-state index >= 15 is 0 Å². The Hall–Kier alpha value is -2.18. The van der Waals surface area contributed by atoms with E-state index in [9.17, 15) is 0 Å². The maximum atomic E-state index is 4.33. The van der Waals surface area contributed by atoms with Gasteiger partial charge in [-0.1, -0.05) is 0 Å². The van der Waals surface area contributed by atoms with Crippen molar-refractivity contribution in [1.29, 1.82) is 0 Å². The summed E-state index contributed by atoms with van der Waals surface area (Å²) in [7, 11) is 3.88. The minimum atomic E-state index is 0.0119. The van der Waals surface area contributed by atoms with Crippen LogP contribution in [0, 0.1) is 0 Å². The standard InChI is InChI=1S/C12H19N7/c1-5-19-11(15-8-16-19)9(2)17-10-12(18(3)4)14-7-6-13-10/h6-9H,5H2,1-4H3,(H,13,17). The van der Waals surface area contributed by atoms with Gasteiger partial charge in [0, 0.05) is 33.0 Å². The quantitative estimate of drug-likeness (QED) is 0.875. The summed E-state index contributed by atoms with van der Waals surface area (Å²) >= 11 is 0. The monoisotopic (exact) mass is 261 g/mol. The Morgan fingerprint density at radius 2 is 2.00 bits per heavy atom. The molecule has 0 bridgehead atoms. The van der Waals surface area contributed by atoms with E-state index in [1.54, 1.807) is 18.7 Å². The third-order valence-corrected chi connectivity index (χ3v) is 2.79. The lowest BCUT2D eigenvalue weighted by Gasteiger charge is -2.19. The average molecular weight is 261 g/mol. The summed E-state index contributed by atoms with van der Waals surface area (Å²) in [5.74, 6) is 2.43. The first kappa shape index (κ1) is 13.3. The molecule has 2 aromatic heterocycles. The van der Waals surface area contributed by atoms with Crippen molar-refractivity contribution in [2.75, 3.05) is 24.3 Å². The van der Waals surface area contributed by atoms with Gasteiger partial charge in [0.2, 0.25) is 0 Å². The van der Waals surface area contributed by atoms with Crippen molar-refractivity contribution in [2.45, 2.75) is 26.4 Å². The number of hydrogen-bond acceptors (Lipinski definition) is 6. The van der Waals surface area contributed by atoms with E-state index in [4.69, 9.17) is 0 Å². The maximum Gasteiger partial charge on any atom is 0.171 e. The molecule has 0 spiro atoms. The third-order valence-electron chi connectivity index (χ3n) is 2.79. The van der Waals surface area contributed by atoms with Crippen LogP contribution in [0.15, 0.2) is 18.7 Å². The lowest BCUT2D eigenvalue weighted by molar-refractivity contribution is 0.592. The molecule has 2 rings (SSSR count). The predicted molar refractivity (Wildman–Crippen MR) is 74.1 cm³/mol. The fraction of sp³-hybridized carbons (Fsp3) is 0.500. The molecule has 1 N–H and O–H groups in total. The molecule has 0 aromatic carbocycles. The maximum absolute atomic E-state index is 4.33. The number of aromatic nitrogens is 5. The highest BCUT2D eigenvalue weighted by Gasteiger charge is 2.15. The molecule has 0 saturated heterocycles. The van der Waals surface area contributed by atoms with Crippen molar-refractivity contribution in [3.63, 3.8) is 0 Å². The largest absolute Gasteiger partial charge is 0.360 e. The summed E-state index contributed by atoms with van der Waals surface area (Å²) in [4.78, 5) is 14.9. The van der Waals surface area contributed by atoms with Crippen LogP contribution in [0.25, 0.3) is 0 Å². The molecular formula is C12H19N7. The van der Waals surface area contributed by atoms with Crippen molar-refractivity contribution >= 4 is 11.6 Å². The van der Waals surface area contributed by atoms with Gasteiger partial charge in [0.25, 0.3) is 0 Å². The molecular weight excluding hydrogens is 242 g/mol. The molecule has 1 atom stereocenters. The van der Waals surface area contributed by atoms with Gasteiger partial charge in [-0.3, -0.25) is 0 Å². The Morgan fingerprint density at radius 3 is 2.68 bits per heavy atom. The Labute approximate surface area is 112 Å². The highest BCUT2D eigenvalue weighted by atomic mass is 15.3. The number of anilines is 2. The van der Waals surface area contributed by atoms with Gasteiger partial charge in [0.1, 0.15) is 12.2 Å². The van der Waals surface area contributed by atoms with E-state index in [-0.39, 0.29) is 6.04 Å². The van der Waals surface area contributed by atoms with Crippen LogP contribution in [-0.2, 0) is 6.54 Å². The van der Waals surface area contributed by atoms with Crippen molar-refractivity contribution in [3.05, 3.63) is 24.5 Å². The number of nitrogens with zero attached hydrogens (tertiary/aromatic N) is 6. The van der Waals surface area contributed by atoms with Crippen LogP contribution < -0.4 is 10.2 Å². The zero-order valence-corrected chi connectivity index (χ0v) is 11.7. The molecule has 0 aliphatic heterocycles. The molecule has 0 amide bonds. The highest BCUT2D eigenvalue weighted by molar-refractivity contribution is 5.60. The molecule has 0 radical (unpaired) electrons. The molecule has 7 nitrogen and oxygen atoms in total. The van der Waals surface area contributed by atoms with Gasteiger partial charge in [0.15, 0.2) is 11.6 Å². The zero-order chi connectivity index (χ0) is 13.8. The van der Waals surface area contributed by atoms with E-state index in [0.29, 0.717) is 0 Å². The van der Waals surface area contributed by atoms with E-state index in [0.717, 1.165) is 24.0 Å². The van der Waals surface area contributed by atoms with E-state index in [2.05, 4.69) is 25.4 Å². The Kier molecular flexibility index (Phi) is 3.94. The highest BCUT2D eigenvalue weighted by Crippen LogP contribution is 2.22. The minimum Gasteiger partial charge on any atom is -0.360 e. The second-order valence-electron chi connectivity index (χ2n) is 4.42. The van der Waals surface area contributed by atoms with Crippen LogP contribution in [0.2, 0.25) is 0 Å². The molecule has 0 aliphatic carbocycles. The van der Waals surface area contributed by atoms with Gasteiger partial charge < -0.3 is 10.2 Å². The smallest absolute Gasteiger partial charge is 0.171 e. The van der Waals surface area contributed by atoms with Gasteiger partial charge in [0.05, 0.1) is 6.04 Å². The SMILES string of the molecule is CCn1ncnc1C(C)Nc1nccnc1N(C)C. The number of nitrogens with one attached hydrogen (secondary N) is 1. The first-order valence-corrected chi connectivity index (χ1v) is 6.26. The molecule has 102 valence electrons. The van der Waals surface area contributed by atoms with Gasteiger partial charge in [-0.2, -0.15) is 5.10 Å². The van der Waals surface area contributed by atoms with Crippen LogP contribution in [0.5, 0.6) is 0 Å². The predicted octanol–water partition coefficient (Wildman–Crippen LogP) is 1.33. The van der Waals surface area contributed by atoms with E-state index in [1.807, 2.05) is 37.5 Å². The summed E-state index contributed by atoms with van der Waals surface area (Å²) in [6.07, 6.45) is 4.92. The fourth-order valence-corrected chi connectivity index (χ4v) is 1.88. The summed E-state index contributed by atoms with van der Waals surface area (Å²) in [5, 5.41) is 7.50. The fourth-order valence-electron chi connectivity index (χ4n) is 1.88. The molecule has 0 fully saturated rings. The topological polar surface area (TPSA) is 71.8 Å². The molecule has 19 heavy (non-hydrogen) atoms. The molecule has 7 heteroatoms. The van der Waals surface area contributed by atoms with Crippen LogP contribution in [0.1, 0.15) is 25.7 Å². The minimum absolute atomic E-state index is 0.0119. The number of aryl methyl sites for hydroxylation is 1. The Bertz CT molecular complexity index is 534. The second-order valence-corrected chi connectivity index (χ2v) is 4.42. The van der Waals surface area contributed by atoms with Crippen LogP contribution in [0.3, 0.4) is 0 Å². The first-order chi connectivity index (χ1) is 9.13. The lowest BCUT2D eigenvalue weighted by atomic mass is 10.3. The summed E-state index contributed by atoms with van der Waals surface area (Å²) < 4.78 is 1.86. The van der Waals surface area contributed by atoms with Gasteiger partial charge >= 0.3 is 0 Å². The van der Waals surface area contributed by atoms with Crippen molar-refractivity contribution < 1.29 is 0 Å². The summed E-state index contributed by atoms with van der Waals surface area (Å²) in [6.45, 7) is 4.87. The Balaban J connectivity index is 2.22. The summed E-state index contributed by atoms with van der Waals surface area (Å²) in [5.41, 5.74) is 0. The van der Waals surface area contributed by atoms with E-state index < -0.39 is 0 Å². The molecule has 2 aromatic rings. The number of rotatable bonds is 5. The van der Waals surface area contributed by atoms with Gasteiger partial charge in [-0.05, 0) is 13.8 Å². The van der Waals surface area contributed by atoms with E-state index in [1.165, 1.54) is 0 Å². The van der Waals surface area contributed by atoms with Crippen LogP contribution in [-0.4, -0.2) is 38.8 Å². The molecule has 2 heterocycles. The summed E-state index contributed by atoms with van der Waals surface area (Å²) in [6, 6.07) is 0.0119. The van der Waals surface area contributed by atoms with Crippen LogP contribution >= 0.6 is 0 Å². The van der Waals surface area contributed by atoms with Crippen molar-refractivity contribution in [2.24, 2.45) is 0 Å². The first-order valence-electron chi connectivity index (χ1n) is 6.26. The van der Waals surface area contributed by atoms with Crippen molar-refractivity contribution in [3.8, 4) is 0 Å². The molecule has 1 unspecified atom stereocenters. The molecule has 0 saturated carbocycles. The van der Waals surface area contributed by atoms with Gasteiger partial charge in [-0.25, -0.2) is 19.6 Å². The van der Waals surface area contributed by atoms with Gasteiger partial charge in [-0.15, -0.1) is 0 Å². The lowest BCUT2D eigenvalue weighted by Crippen LogP contribution is -2.19. The van der Waals surface area contributed by atoms with Crippen molar-refractivity contribution in [1.82, 2.24) is 24.7 Å². The number of hydrogen-bond donors (Lipinski definition) is 1.